The minimum atomic E-state index is -0.586. The van der Waals surface area contributed by atoms with Gasteiger partial charge in [-0.2, -0.15) is 0 Å². The number of aryl methyl sites for hydroxylation is 1. The van der Waals surface area contributed by atoms with E-state index in [0.717, 1.165) is 22.2 Å². The second kappa shape index (κ2) is 12.6. The Hall–Kier alpha value is -4.18. The second-order valence-electron chi connectivity index (χ2n) is 10.00. The number of piperidine rings is 1. The Balaban J connectivity index is 1.38. The largest absolute Gasteiger partial charge is 0.489 e. The minimum absolute atomic E-state index is 0.0527. The van der Waals surface area contributed by atoms with Crippen molar-refractivity contribution in [3.63, 3.8) is 0 Å². The number of amides is 3. The van der Waals surface area contributed by atoms with Crippen LogP contribution in [0.15, 0.2) is 54.6 Å². The Morgan fingerprint density at radius 2 is 1.87 bits per heavy atom. The standard InChI is InChI=1S/C29H34N4O6/c1-18(2)39-29(36)33-13-12-25(21(16-33)15-27(34)32-37)31-28(35)20-8-10-23(11-9-20)38-17-22-14-19(3)30-26-7-5-4-6-24(22)26/h4-11,14,18,21,25,37H,12-13,15-17H2,1-3H3,(H,31,35)(H,32,34)/t21-,25+/m0/s1. The van der Waals surface area contributed by atoms with Crippen LogP contribution >= 0.6 is 0 Å². The molecule has 1 fully saturated rings. The number of benzene rings is 2. The molecule has 2 atom stereocenters. The molecule has 39 heavy (non-hydrogen) atoms. The number of hydroxylamine groups is 1. The maximum atomic E-state index is 13.0. The van der Waals surface area contributed by atoms with Gasteiger partial charge in [0, 0.05) is 53.7 Å². The van der Waals surface area contributed by atoms with Gasteiger partial charge in [-0.25, -0.2) is 10.3 Å². The van der Waals surface area contributed by atoms with Gasteiger partial charge in [0.05, 0.1) is 11.6 Å². The van der Waals surface area contributed by atoms with Crippen molar-refractivity contribution in [2.75, 3.05) is 13.1 Å². The average molecular weight is 535 g/mol. The zero-order valence-corrected chi connectivity index (χ0v) is 22.3. The molecule has 0 bridgehead atoms. The molecular formula is C29H34N4O6. The highest BCUT2D eigenvalue weighted by atomic mass is 16.6. The van der Waals surface area contributed by atoms with Gasteiger partial charge in [0.1, 0.15) is 12.4 Å². The SMILES string of the molecule is Cc1cc(COc2ccc(C(=O)N[C@@H]3CCN(C(=O)OC(C)C)C[C@@H]3CC(=O)NO)cc2)c2ccccc2n1. The first-order valence-corrected chi connectivity index (χ1v) is 13.0. The maximum Gasteiger partial charge on any atom is 0.410 e. The third kappa shape index (κ3) is 7.23. The van der Waals surface area contributed by atoms with Crippen molar-refractivity contribution >= 4 is 28.8 Å². The monoisotopic (exact) mass is 534 g/mol. The van der Waals surface area contributed by atoms with Gasteiger partial charge in [0.25, 0.3) is 5.91 Å². The smallest absolute Gasteiger partial charge is 0.410 e. The summed E-state index contributed by atoms with van der Waals surface area (Å²) in [4.78, 5) is 43.4. The predicted molar refractivity (Wildman–Crippen MR) is 144 cm³/mol. The summed E-state index contributed by atoms with van der Waals surface area (Å²) >= 11 is 0. The lowest BCUT2D eigenvalue weighted by Gasteiger charge is -2.38. The number of para-hydroxylation sites is 1. The summed E-state index contributed by atoms with van der Waals surface area (Å²) in [6.45, 7) is 6.44. The van der Waals surface area contributed by atoms with E-state index in [1.807, 2.05) is 37.3 Å². The molecule has 0 aliphatic carbocycles. The first-order valence-electron chi connectivity index (χ1n) is 13.0. The summed E-state index contributed by atoms with van der Waals surface area (Å²) in [5.41, 5.74) is 4.94. The van der Waals surface area contributed by atoms with Crippen LogP contribution in [0.1, 0.15) is 48.3 Å². The normalized spacial score (nSPS) is 17.1. The molecule has 206 valence electrons. The lowest BCUT2D eigenvalue weighted by molar-refractivity contribution is -0.130. The Kier molecular flexibility index (Phi) is 8.98. The molecule has 3 amide bonds. The zero-order chi connectivity index (χ0) is 27.9. The fourth-order valence-electron chi connectivity index (χ4n) is 4.78. The summed E-state index contributed by atoms with van der Waals surface area (Å²) in [6.07, 6.45) is -0.338. The molecule has 1 saturated heterocycles. The second-order valence-corrected chi connectivity index (χ2v) is 10.00. The van der Waals surface area contributed by atoms with Crippen molar-refractivity contribution in [3.05, 3.63) is 71.4 Å². The number of nitrogens with one attached hydrogen (secondary N) is 2. The van der Waals surface area contributed by atoms with Gasteiger partial charge < -0.3 is 19.7 Å². The van der Waals surface area contributed by atoms with E-state index in [-0.39, 0.29) is 31.0 Å². The number of nitrogens with zero attached hydrogens (tertiary/aromatic N) is 2. The van der Waals surface area contributed by atoms with Gasteiger partial charge in [0.2, 0.25) is 5.91 Å². The molecule has 3 N–H and O–H groups in total. The summed E-state index contributed by atoms with van der Waals surface area (Å²) in [5, 5.41) is 13.0. The molecule has 0 saturated carbocycles. The highest BCUT2D eigenvalue weighted by Crippen LogP contribution is 2.24. The van der Waals surface area contributed by atoms with Crippen LogP contribution in [0.4, 0.5) is 4.79 Å². The summed E-state index contributed by atoms with van der Waals surface area (Å²) in [6, 6.07) is 16.4. The van der Waals surface area contributed by atoms with E-state index in [1.54, 1.807) is 43.6 Å². The number of ether oxygens (including phenoxy) is 2. The van der Waals surface area contributed by atoms with Crippen LogP contribution in [0.25, 0.3) is 10.9 Å². The Bertz CT molecular complexity index is 1330. The number of hydrogen-bond acceptors (Lipinski definition) is 7. The highest BCUT2D eigenvalue weighted by molar-refractivity contribution is 5.94. The van der Waals surface area contributed by atoms with Crippen LogP contribution < -0.4 is 15.5 Å². The van der Waals surface area contributed by atoms with Gasteiger partial charge in [-0.05, 0) is 63.6 Å². The number of hydrogen-bond donors (Lipinski definition) is 3. The molecule has 10 nitrogen and oxygen atoms in total. The van der Waals surface area contributed by atoms with Crippen molar-refractivity contribution in [1.29, 1.82) is 0 Å². The average Bonchev–Trinajstić information content (AvgIpc) is 2.92. The molecule has 3 aromatic rings. The number of carbonyl (C=O) groups is 3. The van der Waals surface area contributed by atoms with Crippen LogP contribution in [0, 0.1) is 12.8 Å². The number of rotatable bonds is 8. The number of fused-ring (bicyclic) bond motifs is 1. The lowest BCUT2D eigenvalue weighted by atomic mass is 9.89. The molecule has 1 aliphatic rings. The lowest BCUT2D eigenvalue weighted by Crippen LogP contribution is -2.53. The van der Waals surface area contributed by atoms with Crippen LogP contribution in [-0.2, 0) is 16.1 Å². The molecule has 2 heterocycles. The van der Waals surface area contributed by atoms with Crippen LogP contribution in [-0.4, -0.2) is 58.2 Å². The van der Waals surface area contributed by atoms with E-state index in [2.05, 4.69) is 10.3 Å². The molecular weight excluding hydrogens is 500 g/mol. The number of likely N-dealkylation sites (tertiary alicyclic amines) is 1. The Morgan fingerprint density at radius 3 is 2.59 bits per heavy atom. The quantitative estimate of drug-likeness (QED) is 0.294. The Morgan fingerprint density at radius 1 is 1.13 bits per heavy atom. The predicted octanol–water partition coefficient (Wildman–Crippen LogP) is 3.98. The van der Waals surface area contributed by atoms with Gasteiger partial charge >= 0.3 is 6.09 Å². The molecule has 10 heteroatoms. The summed E-state index contributed by atoms with van der Waals surface area (Å²) in [5.74, 6) is -0.651. The highest BCUT2D eigenvalue weighted by Gasteiger charge is 2.34. The van der Waals surface area contributed by atoms with Crippen LogP contribution in [0.2, 0.25) is 0 Å². The zero-order valence-electron chi connectivity index (χ0n) is 22.3. The minimum Gasteiger partial charge on any atom is -0.489 e. The topological polar surface area (TPSA) is 130 Å². The molecule has 1 aliphatic heterocycles. The molecule has 2 aromatic carbocycles. The molecule has 4 rings (SSSR count). The molecule has 0 unspecified atom stereocenters. The van der Waals surface area contributed by atoms with Crippen molar-refractivity contribution in [3.8, 4) is 5.75 Å². The van der Waals surface area contributed by atoms with E-state index in [1.165, 1.54) is 4.90 Å². The third-order valence-electron chi connectivity index (χ3n) is 6.66. The number of pyridine rings is 1. The molecule has 0 radical (unpaired) electrons. The maximum absolute atomic E-state index is 13.0. The number of carbonyl (C=O) groups excluding carboxylic acids is 3. The van der Waals surface area contributed by atoms with Crippen molar-refractivity contribution in [1.82, 2.24) is 20.7 Å². The van der Waals surface area contributed by atoms with E-state index < -0.39 is 17.9 Å². The fourth-order valence-corrected chi connectivity index (χ4v) is 4.78. The third-order valence-corrected chi connectivity index (χ3v) is 6.66. The van der Waals surface area contributed by atoms with E-state index in [9.17, 15) is 14.4 Å². The number of aromatic nitrogens is 1. The molecule has 0 spiro atoms. The van der Waals surface area contributed by atoms with E-state index >= 15 is 0 Å². The van der Waals surface area contributed by atoms with E-state index in [4.69, 9.17) is 14.7 Å². The first kappa shape index (κ1) is 27.8. The van der Waals surface area contributed by atoms with Crippen molar-refractivity contribution in [2.45, 2.75) is 52.4 Å². The van der Waals surface area contributed by atoms with Crippen LogP contribution in [0.5, 0.6) is 5.75 Å². The first-order chi connectivity index (χ1) is 18.7. The van der Waals surface area contributed by atoms with Crippen molar-refractivity contribution < 1.29 is 29.1 Å². The van der Waals surface area contributed by atoms with Gasteiger partial charge in [-0.3, -0.25) is 19.8 Å². The van der Waals surface area contributed by atoms with Crippen LogP contribution in [0.3, 0.4) is 0 Å². The van der Waals surface area contributed by atoms with Gasteiger partial charge in [-0.15, -0.1) is 0 Å². The van der Waals surface area contributed by atoms with Crippen molar-refractivity contribution in [2.24, 2.45) is 5.92 Å². The van der Waals surface area contributed by atoms with Gasteiger partial charge in [-0.1, -0.05) is 18.2 Å². The fraction of sp³-hybridized carbons (Fsp3) is 0.379. The molecule has 1 aromatic heterocycles. The Labute approximate surface area is 227 Å². The van der Waals surface area contributed by atoms with Gasteiger partial charge in [0.15, 0.2) is 0 Å². The van der Waals surface area contributed by atoms with E-state index in [0.29, 0.717) is 30.9 Å². The summed E-state index contributed by atoms with van der Waals surface area (Å²) in [7, 11) is 0. The summed E-state index contributed by atoms with van der Waals surface area (Å²) < 4.78 is 11.3.